The van der Waals surface area contributed by atoms with Gasteiger partial charge in [0.05, 0.1) is 6.61 Å². The highest BCUT2D eigenvalue weighted by Gasteiger charge is 2.36. The molecule has 1 aliphatic rings. The van der Waals surface area contributed by atoms with Gasteiger partial charge in [0.15, 0.2) is 0 Å². The van der Waals surface area contributed by atoms with Crippen LogP contribution < -0.4 is 10.1 Å². The number of halogens is 3. The van der Waals surface area contributed by atoms with Gasteiger partial charge >= 0.3 is 6.18 Å². The molecule has 0 spiro atoms. The van der Waals surface area contributed by atoms with Crippen LogP contribution in [-0.4, -0.2) is 41.8 Å². The molecule has 0 bridgehead atoms. The quantitative estimate of drug-likeness (QED) is 0.884. The molecule has 1 aromatic rings. The van der Waals surface area contributed by atoms with Crippen LogP contribution in [0.1, 0.15) is 5.82 Å². The summed E-state index contributed by atoms with van der Waals surface area (Å²) in [5.41, 5.74) is 0. The lowest BCUT2D eigenvalue weighted by atomic mass is 10.3. The minimum atomic E-state index is -4.53. The zero-order valence-corrected chi connectivity index (χ0v) is 9.48. The van der Waals surface area contributed by atoms with Crippen molar-refractivity contribution in [2.75, 3.05) is 26.3 Å². The summed E-state index contributed by atoms with van der Waals surface area (Å²) < 4.78 is 50.2. The molecule has 0 aliphatic carbocycles. The van der Waals surface area contributed by atoms with Gasteiger partial charge in [0, 0.05) is 24.6 Å². The predicted molar refractivity (Wildman–Crippen MR) is 53.0 cm³/mol. The zero-order chi connectivity index (χ0) is 12.3. The number of hydrogen-bond donors (Lipinski definition) is 1. The second-order valence-electron chi connectivity index (χ2n) is 3.39. The van der Waals surface area contributed by atoms with E-state index in [0.29, 0.717) is 24.7 Å². The van der Waals surface area contributed by atoms with Crippen LogP contribution in [0.5, 0.6) is 5.19 Å². The fraction of sp³-hybridized carbons (Fsp3) is 0.750. The van der Waals surface area contributed by atoms with Crippen LogP contribution in [-0.2, 0) is 10.9 Å². The molecular weight excluding hydrogens is 259 g/mol. The number of rotatable bonds is 3. The summed E-state index contributed by atoms with van der Waals surface area (Å²) >= 11 is 0.586. The van der Waals surface area contributed by atoms with Gasteiger partial charge in [0.2, 0.25) is 0 Å². The van der Waals surface area contributed by atoms with Crippen LogP contribution in [0.15, 0.2) is 0 Å². The van der Waals surface area contributed by atoms with Gasteiger partial charge in [-0.15, -0.1) is 0 Å². The van der Waals surface area contributed by atoms with Crippen LogP contribution in [0.25, 0.3) is 0 Å². The monoisotopic (exact) mass is 269 g/mol. The van der Waals surface area contributed by atoms with Crippen molar-refractivity contribution in [3.05, 3.63) is 5.82 Å². The molecular formula is C8H10F3N3O2S. The van der Waals surface area contributed by atoms with Gasteiger partial charge in [-0.05, 0) is 0 Å². The molecule has 2 rings (SSSR count). The van der Waals surface area contributed by atoms with E-state index >= 15 is 0 Å². The Morgan fingerprint density at radius 3 is 2.94 bits per heavy atom. The Hall–Kier alpha value is -0.930. The van der Waals surface area contributed by atoms with E-state index in [4.69, 9.17) is 9.47 Å². The van der Waals surface area contributed by atoms with Crippen LogP contribution in [0.3, 0.4) is 0 Å². The number of nitrogens with one attached hydrogen (secondary N) is 1. The van der Waals surface area contributed by atoms with Crippen molar-refractivity contribution in [2.45, 2.75) is 12.3 Å². The Labute approximate surface area is 99.1 Å². The normalized spacial score (nSPS) is 21.5. The average Bonchev–Trinajstić information content (AvgIpc) is 2.76. The summed E-state index contributed by atoms with van der Waals surface area (Å²) in [6.45, 7) is 2.12. The average molecular weight is 269 g/mol. The van der Waals surface area contributed by atoms with Crippen molar-refractivity contribution in [1.29, 1.82) is 0 Å². The van der Waals surface area contributed by atoms with Gasteiger partial charge in [-0.25, -0.2) is 0 Å². The van der Waals surface area contributed by atoms with E-state index in [2.05, 4.69) is 14.7 Å². The first-order valence-electron chi connectivity index (χ1n) is 4.92. The number of ether oxygens (including phenoxy) is 2. The zero-order valence-electron chi connectivity index (χ0n) is 8.66. The van der Waals surface area contributed by atoms with E-state index < -0.39 is 12.0 Å². The molecule has 9 heteroatoms. The molecule has 1 fully saturated rings. The third-order valence-corrected chi connectivity index (χ3v) is 2.69. The van der Waals surface area contributed by atoms with Crippen LogP contribution in [0, 0.1) is 0 Å². The molecule has 1 atom stereocenters. The largest absolute Gasteiger partial charge is 0.466 e. The van der Waals surface area contributed by atoms with Crippen molar-refractivity contribution < 1.29 is 22.6 Å². The van der Waals surface area contributed by atoms with E-state index in [9.17, 15) is 13.2 Å². The highest BCUT2D eigenvalue weighted by atomic mass is 32.1. The molecule has 0 amide bonds. The van der Waals surface area contributed by atoms with E-state index in [1.807, 2.05) is 0 Å². The number of morpholine rings is 1. The second-order valence-corrected chi connectivity index (χ2v) is 4.10. The lowest BCUT2D eigenvalue weighted by Crippen LogP contribution is -2.41. The summed E-state index contributed by atoms with van der Waals surface area (Å²) in [7, 11) is 0. The highest BCUT2D eigenvalue weighted by molar-refractivity contribution is 7.07. The van der Waals surface area contributed by atoms with Crippen LogP contribution >= 0.6 is 11.5 Å². The summed E-state index contributed by atoms with van der Waals surface area (Å²) in [6.07, 6.45) is -4.69. The van der Waals surface area contributed by atoms with Gasteiger partial charge in [-0.1, -0.05) is 0 Å². The first-order chi connectivity index (χ1) is 8.05. The number of hydrogen-bond acceptors (Lipinski definition) is 6. The van der Waals surface area contributed by atoms with Gasteiger partial charge in [-0.3, -0.25) is 0 Å². The van der Waals surface area contributed by atoms with Crippen LogP contribution in [0.2, 0.25) is 0 Å². The summed E-state index contributed by atoms with van der Waals surface area (Å²) in [4.78, 5) is 3.25. The summed E-state index contributed by atoms with van der Waals surface area (Å²) in [5.74, 6) is -1.17. The minimum absolute atomic E-state index is 0.0912. The number of nitrogens with zero attached hydrogens (tertiary/aromatic N) is 2. The molecule has 1 unspecified atom stereocenters. The SMILES string of the molecule is FC(F)(F)c1nsc(OCC2CNCCO2)n1. The molecule has 0 radical (unpaired) electrons. The van der Waals surface area contributed by atoms with E-state index in [1.54, 1.807) is 0 Å². The number of alkyl halides is 3. The van der Waals surface area contributed by atoms with Gasteiger partial charge in [-0.2, -0.15) is 22.5 Å². The van der Waals surface area contributed by atoms with Crippen LogP contribution in [0.4, 0.5) is 13.2 Å². The fourth-order valence-corrected chi connectivity index (χ4v) is 1.83. The topological polar surface area (TPSA) is 56.3 Å². The lowest BCUT2D eigenvalue weighted by molar-refractivity contribution is -0.144. The third kappa shape index (κ3) is 3.51. The van der Waals surface area contributed by atoms with E-state index in [-0.39, 0.29) is 17.9 Å². The minimum Gasteiger partial charge on any atom is -0.466 e. The molecule has 1 aliphatic heterocycles. The maximum Gasteiger partial charge on any atom is 0.452 e. The molecule has 1 saturated heterocycles. The Kier molecular flexibility index (Phi) is 3.79. The predicted octanol–water partition coefficient (Wildman–Crippen LogP) is 0.924. The number of aromatic nitrogens is 2. The smallest absolute Gasteiger partial charge is 0.452 e. The van der Waals surface area contributed by atoms with Gasteiger partial charge in [0.1, 0.15) is 12.7 Å². The molecule has 17 heavy (non-hydrogen) atoms. The van der Waals surface area contributed by atoms with E-state index in [1.165, 1.54) is 0 Å². The Balaban J connectivity index is 1.84. The maximum atomic E-state index is 12.2. The molecule has 96 valence electrons. The lowest BCUT2D eigenvalue weighted by Gasteiger charge is -2.22. The molecule has 5 nitrogen and oxygen atoms in total. The van der Waals surface area contributed by atoms with Crippen molar-refractivity contribution in [3.8, 4) is 5.19 Å². The molecule has 0 saturated carbocycles. The summed E-state index contributed by atoms with van der Waals surface area (Å²) in [6, 6.07) is 0. The molecule has 1 N–H and O–H groups in total. The Morgan fingerprint density at radius 1 is 1.53 bits per heavy atom. The second kappa shape index (κ2) is 5.15. The van der Waals surface area contributed by atoms with Crippen molar-refractivity contribution in [2.24, 2.45) is 0 Å². The van der Waals surface area contributed by atoms with Crippen molar-refractivity contribution in [3.63, 3.8) is 0 Å². The molecule has 2 heterocycles. The molecule has 0 aromatic carbocycles. The van der Waals surface area contributed by atoms with E-state index in [0.717, 1.165) is 6.54 Å². The fourth-order valence-electron chi connectivity index (χ4n) is 1.27. The first kappa shape index (κ1) is 12.5. The molecule has 1 aromatic heterocycles. The Bertz CT molecular complexity index is 365. The third-order valence-electron chi connectivity index (χ3n) is 2.06. The first-order valence-corrected chi connectivity index (χ1v) is 5.69. The Morgan fingerprint density at radius 2 is 2.35 bits per heavy atom. The van der Waals surface area contributed by atoms with Gasteiger partial charge in [0.25, 0.3) is 11.0 Å². The standard InChI is InChI=1S/C8H10F3N3O2S/c9-8(10,11)6-13-7(17-14-6)16-4-5-3-12-1-2-15-5/h5,12H,1-4H2. The maximum absolute atomic E-state index is 12.2. The highest BCUT2D eigenvalue weighted by Crippen LogP contribution is 2.29. The van der Waals surface area contributed by atoms with Crippen molar-refractivity contribution in [1.82, 2.24) is 14.7 Å². The summed E-state index contributed by atoms with van der Waals surface area (Å²) in [5, 5.41) is 2.99. The van der Waals surface area contributed by atoms with Crippen molar-refractivity contribution >= 4 is 11.5 Å². The van der Waals surface area contributed by atoms with Gasteiger partial charge < -0.3 is 14.8 Å².